The number of fused-ring (bicyclic) bond motifs is 1. The van der Waals surface area contributed by atoms with Crippen molar-refractivity contribution >= 4 is 34.0 Å². The maximum atomic E-state index is 6.16. The fourth-order valence-electron chi connectivity index (χ4n) is 2.66. The molecule has 26 heavy (non-hydrogen) atoms. The van der Waals surface area contributed by atoms with Crippen LogP contribution in [0.3, 0.4) is 0 Å². The van der Waals surface area contributed by atoms with Crippen LogP contribution in [0.4, 0.5) is 0 Å². The molecule has 4 aromatic rings. The van der Waals surface area contributed by atoms with E-state index in [2.05, 4.69) is 15.3 Å². The standard InChI is InChI=1S/C19H14Cl2N4O/c1-12(17-11-25(24-23-17)14-8-6-13(20)7-9-14)26-18-10-22-19(21)16-5-3-2-4-15(16)18/h2-12H,1H3. The maximum absolute atomic E-state index is 6.16. The highest BCUT2D eigenvalue weighted by Crippen LogP contribution is 2.31. The van der Waals surface area contributed by atoms with E-state index in [4.69, 9.17) is 27.9 Å². The van der Waals surface area contributed by atoms with Crippen molar-refractivity contribution in [1.82, 2.24) is 20.0 Å². The van der Waals surface area contributed by atoms with Gasteiger partial charge >= 0.3 is 0 Å². The van der Waals surface area contributed by atoms with E-state index in [9.17, 15) is 0 Å². The lowest BCUT2D eigenvalue weighted by molar-refractivity contribution is 0.224. The van der Waals surface area contributed by atoms with Crippen molar-refractivity contribution in [3.05, 3.63) is 76.8 Å². The van der Waals surface area contributed by atoms with Crippen molar-refractivity contribution < 1.29 is 4.74 Å². The first-order chi connectivity index (χ1) is 12.6. The summed E-state index contributed by atoms with van der Waals surface area (Å²) in [6.45, 7) is 1.92. The average molecular weight is 385 g/mol. The molecule has 7 heteroatoms. The van der Waals surface area contributed by atoms with Gasteiger partial charge in [0.05, 0.1) is 18.1 Å². The molecule has 0 fully saturated rings. The first-order valence-corrected chi connectivity index (χ1v) is 8.75. The summed E-state index contributed by atoms with van der Waals surface area (Å²) < 4.78 is 7.76. The van der Waals surface area contributed by atoms with Crippen LogP contribution in [0.5, 0.6) is 5.75 Å². The van der Waals surface area contributed by atoms with Crippen LogP contribution in [-0.2, 0) is 0 Å². The Morgan fingerprint density at radius 1 is 1.00 bits per heavy atom. The normalized spacial score (nSPS) is 12.3. The van der Waals surface area contributed by atoms with Gasteiger partial charge in [-0.15, -0.1) is 5.10 Å². The summed E-state index contributed by atoms with van der Waals surface area (Å²) in [7, 11) is 0. The predicted molar refractivity (Wildman–Crippen MR) is 102 cm³/mol. The highest BCUT2D eigenvalue weighted by molar-refractivity contribution is 6.34. The van der Waals surface area contributed by atoms with E-state index < -0.39 is 0 Å². The Kier molecular flexibility index (Phi) is 4.49. The van der Waals surface area contributed by atoms with Crippen LogP contribution in [0.1, 0.15) is 18.7 Å². The van der Waals surface area contributed by atoms with E-state index in [0.29, 0.717) is 21.6 Å². The van der Waals surface area contributed by atoms with Crippen molar-refractivity contribution in [1.29, 1.82) is 0 Å². The number of hydrogen-bond donors (Lipinski definition) is 0. The number of rotatable bonds is 4. The molecular formula is C19H14Cl2N4O. The summed E-state index contributed by atoms with van der Waals surface area (Å²) in [6.07, 6.45) is 3.16. The molecule has 0 saturated heterocycles. The lowest BCUT2D eigenvalue weighted by Crippen LogP contribution is -2.04. The van der Waals surface area contributed by atoms with E-state index in [1.165, 1.54) is 0 Å². The Balaban J connectivity index is 1.61. The zero-order valence-corrected chi connectivity index (χ0v) is 15.3. The molecule has 0 N–H and O–H groups in total. The molecule has 1 unspecified atom stereocenters. The molecule has 0 aliphatic heterocycles. The molecule has 0 saturated carbocycles. The molecular weight excluding hydrogens is 371 g/mol. The Bertz CT molecular complexity index is 1060. The minimum Gasteiger partial charge on any atom is -0.482 e. The van der Waals surface area contributed by atoms with Gasteiger partial charge in [-0.25, -0.2) is 9.67 Å². The highest BCUT2D eigenvalue weighted by atomic mass is 35.5. The van der Waals surface area contributed by atoms with Crippen molar-refractivity contribution in [2.75, 3.05) is 0 Å². The second kappa shape index (κ2) is 6.94. The van der Waals surface area contributed by atoms with Gasteiger partial charge in [-0.1, -0.05) is 52.7 Å². The lowest BCUT2D eigenvalue weighted by atomic mass is 10.1. The first kappa shape index (κ1) is 16.8. The molecule has 130 valence electrons. The number of nitrogens with zero attached hydrogens (tertiary/aromatic N) is 4. The SMILES string of the molecule is CC(Oc1cnc(Cl)c2ccccc12)c1cn(-c2ccc(Cl)cc2)nn1. The summed E-state index contributed by atoms with van der Waals surface area (Å²) in [5.41, 5.74) is 1.58. The zero-order valence-electron chi connectivity index (χ0n) is 13.8. The summed E-state index contributed by atoms with van der Waals surface area (Å²) in [5, 5.41) is 11.3. The third kappa shape index (κ3) is 3.23. The third-order valence-electron chi connectivity index (χ3n) is 4.03. The second-order valence-electron chi connectivity index (χ2n) is 5.78. The van der Waals surface area contributed by atoms with Crippen LogP contribution in [0.25, 0.3) is 16.5 Å². The van der Waals surface area contributed by atoms with Crippen molar-refractivity contribution in [2.24, 2.45) is 0 Å². The van der Waals surface area contributed by atoms with Crippen molar-refractivity contribution in [3.8, 4) is 11.4 Å². The van der Waals surface area contributed by atoms with E-state index in [1.807, 2.05) is 61.7 Å². The Morgan fingerprint density at radius 2 is 1.73 bits per heavy atom. The number of hydrogen-bond acceptors (Lipinski definition) is 4. The quantitative estimate of drug-likeness (QED) is 0.450. The second-order valence-corrected chi connectivity index (χ2v) is 6.58. The van der Waals surface area contributed by atoms with Crippen LogP contribution in [0.15, 0.2) is 60.9 Å². The van der Waals surface area contributed by atoms with E-state index in [0.717, 1.165) is 16.5 Å². The first-order valence-electron chi connectivity index (χ1n) is 8.00. The molecule has 2 aromatic heterocycles. The molecule has 0 aliphatic rings. The molecule has 2 heterocycles. The minimum atomic E-state index is -0.303. The molecule has 0 amide bonds. The van der Waals surface area contributed by atoms with Gasteiger partial charge in [0.1, 0.15) is 22.7 Å². The van der Waals surface area contributed by atoms with Crippen LogP contribution in [0, 0.1) is 0 Å². The van der Waals surface area contributed by atoms with Gasteiger partial charge in [0.15, 0.2) is 0 Å². The van der Waals surface area contributed by atoms with Gasteiger partial charge in [0, 0.05) is 15.8 Å². The minimum absolute atomic E-state index is 0.303. The number of halogens is 2. The molecule has 0 aliphatic carbocycles. The van der Waals surface area contributed by atoms with E-state index in [-0.39, 0.29) is 6.10 Å². The predicted octanol–water partition coefficient (Wildman–Crippen LogP) is 5.26. The Morgan fingerprint density at radius 3 is 2.50 bits per heavy atom. The van der Waals surface area contributed by atoms with Gasteiger partial charge in [0.25, 0.3) is 0 Å². The maximum Gasteiger partial charge on any atom is 0.146 e. The van der Waals surface area contributed by atoms with Gasteiger partial charge in [-0.3, -0.25) is 0 Å². The van der Waals surface area contributed by atoms with Gasteiger partial charge < -0.3 is 4.74 Å². The third-order valence-corrected chi connectivity index (χ3v) is 4.59. The van der Waals surface area contributed by atoms with Crippen LogP contribution >= 0.6 is 23.2 Å². The smallest absolute Gasteiger partial charge is 0.146 e. The van der Waals surface area contributed by atoms with Gasteiger partial charge in [-0.2, -0.15) is 0 Å². The van der Waals surface area contributed by atoms with Gasteiger partial charge in [0.2, 0.25) is 0 Å². The molecule has 0 bridgehead atoms. The lowest BCUT2D eigenvalue weighted by Gasteiger charge is -2.14. The van der Waals surface area contributed by atoms with Gasteiger partial charge in [-0.05, 0) is 31.2 Å². The molecule has 2 aromatic carbocycles. The number of pyridine rings is 1. The van der Waals surface area contributed by atoms with Crippen LogP contribution in [-0.4, -0.2) is 20.0 Å². The topological polar surface area (TPSA) is 52.8 Å². The molecule has 0 radical (unpaired) electrons. The molecule has 1 atom stereocenters. The number of ether oxygens (including phenoxy) is 1. The summed E-state index contributed by atoms with van der Waals surface area (Å²) in [6, 6.07) is 15.1. The van der Waals surface area contributed by atoms with E-state index >= 15 is 0 Å². The molecule has 0 spiro atoms. The largest absolute Gasteiger partial charge is 0.482 e. The monoisotopic (exact) mass is 384 g/mol. The Labute approximate surface area is 160 Å². The average Bonchev–Trinajstić information content (AvgIpc) is 3.15. The summed E-state index contributed by atoms with van der Waals surface area (Å²) in [5.74, 6) is 0.651. The summed E-state index contributed by atoms with van der Waals surface area (Å²) in [4.78, 5) is 4.20. The fourth-order valence-corrected chi connectivity index (χ4v) is 3.00. The van der Waals surface area contributed by atoms with Crippen molar-refractivity contribution in [3.63, 3.8) is 0 Å². The van der Waals surface area contributed by atoms with Crippen molar-refractivity contribution in [2.45, 2.75) is 13.0 Å². The Hall–Kier alpha value is -2.63. The number of aromatic nitrogens is 4. The van der Waals surface area contributed by atoms with Crippen LogP contribution in [0.2, 0.25) is 10.2 Å². The number of benzene rings is 2. The highest BCUT2D eigenvalue weighted by Gasteiger charge is 2.15. The van der Waals surface area contributed by atoms with Crippen LogP contribution < -0.4 is 4.74 Å². The zero-order chi connectivity index (χ0) is 18.1. The van der Waals surface area contributed by atoms with E-state index in [1.54, 1.807) is 10.9 Å². The molecule has 4 rings (SSSR count). The molecule has 5 nitrogen and oxygen atoms in total. The summed E-state index contributed by atoms with van der Waals surface area (Å²) >= 11 is 12.1. The fraction of sp³-hybridized carbons (Fsp3) is 0.105.